The molecule has 0 saturated heterocycles. The van der Waals surface area contributed by atoms with Crippen LogP contribution < -0.4 is 5.32 Å². The molecular formula is C12H19N3OS. The van der Waals surface area contributed by atoms with Gasteiger partial charge in [-0.15, -0.1) is 0 Å². The van der Waals surface area contributed by atoms with Gasteiger partial charge in [-0.3, -0.25) is 4.98 Å². The molecule has 1 unspecified atom stereocenters. The third-order valence-electron chi connectivity index (χ3n) is 2.26. The second kappa shape index (κ2) is 7.19. The Morgan fingerprint density at radius 2 is 2.35 bits per heavy atom. The monoisotopic (exact) mass is 253 g/mol. The number of thiocarbonyl (C=S) groups is 1. The van der Waals surface area contributed by atoms with Crippen LogP contribution in [0.2, 0.25) is 0 Å². The Balaban J connectivity index is 2.42. The van der Waals surface area contributed by atoms with Gasteiger partial charge in [0.1, 0.15) is 0 Å². The van der Waals surface area contributed by atoms with Crippen molar-refractivity contribution in [2.24, 2.45) is 0 Å². The number of hydrogen-bond donors (Lipinski definition) is 1. The molecule has 0 aliphatic rings. The highest BCUT2D eigenvalue weighted by atomic mass is 32.1. The first-order chi connectivity index (χ1) is 8.13. The minimum absolute atomic E-state index is 0.207. The van der Waals surface area contributed by atoms with Crippen molar-refractivity contribution in [2.75, 3.05) is 20.8 Å². The van der Waals surface area contributed by atoms with Gasteiger partial charge in [-0.25, -0.2) is 0 Å². The van der Waals surface area contributed by atoms with E-state index in [1.807, 2.05) is 37.1 Å². The average molecular weight is 253 g/mol. The Bertz CT molecular complexity index is 345. The summed E-state index contributed by atoms with van der Waals surface area (Å²) >= 11 is 5.30. The van der Waals surface area contributed by atoms with Crippen LogP contribution in [0.15, 0.2) is 24.4 Å². The molecule has 0 aromatic carbocycles. The van der Waals surface area contributed by atoms with Gasteiger partial charge in [0.2, 0.25) is 0 Å². The van der Waals surface area contributed by atoms with E-state index < -0.39 is 0 Å². The van der Waals surface area contributed by atoms with Gasteiger partial charge >= 0.3 is 0 Å². The minimum Gasteiger partial charge on any atom is -0.383 e. The van der Waals surface area contributed by atoms with Crippen LogP contribution in [0.1, 0.15) is 12.6 Å². The SMILES string of the molecule is COCC(C)NC(=S)N(C)Cc1ccccn1. The molecule has 0 fully saturated rings. The first-order valence-corrected chi connectivity index (χ1v) is 5.94. The fraction of sp³-hybridized carbons (Fsp3) is 0.500. The maximum Gasteiger partial charge on any atom is 0.169 e. The van der Waals surface area contributed by atoms with E-state index in [9.17, 15) is 0 Å². The molecule has 0 amide bonds. The molecule has 4 nitrogen and oxygen atoms in total. The summed E-state index contributed by atoms with van der Waals surface area (Å²) in [4.78, 5) is 6.22. The van der Waals surface area contributed by atoms with E-state index in [-0.39, 0.29) is 6.04 Å². The Morgan fingerprint density at radius 1 is 1.59 bits per heavy atom. The molecule has 1 rings (SSSR count). The van der Waals surface area contributed by atoms with Gasteiger partial charge < -0.3 is 15.0 Å². The molecule has 1 aromatic rings. The lowest BCUT2D eigenvalue weighted by Crippen LogP contribution is -2.43. The number of pyridine rings is 1. The standard InChI is InChI=1S/C12H19N3OS/c1-10(9-16-3)14-12(17)15(2)8-11-6-4-5-7-13-11/h4-7,10H,8-9H2,1-3H3,(H,14,17). The maximum atomic E-state index is 5.30. The first-order valence-electron chi connectivity index (χ1n) is 5.54. The highest BCUT2D eigenvalue weighted by molar-refractivity contribution is 7.80. The molecule has 0 aliphatic heterocycles. The molecule has 0 saturated carbocycles. The Kier molecular flexibility index (Phi) is 5.86. The lowest BCUT2D eigenvalue weighted by Gasteiger charge is -2.23. The average Bonchev–Trinajstić information content (AvgIpc) is 2.30. The van der Waals surface area contributed by atoms with Crippen LogP contribution in [0.5, 0.6) is 0 Å². The van der Waals surface area contributed by atoms with Crippen molar-refractivity contribution >= 4 is 17.3 Å². The van der Waals surface area contributed by atoms with Gasteiger partial charge in [-0.05, 0) is 31.3 Å². The summed E-state index contributed by atoms with van der Waals surface area (Å²) < 4.78 is 5.05. The third-order valence-corrected chi connectivity index (χ3v) is 2.69. The van der Waals surface area contributed by atoms with Gasteiger partial charge in [0.25, 0.3) is 0 Å². The fourth-order valence-electron chi connectivity index (χ4n) is 1.42. The van der Waals surface area contributed by atoms with Crippen molar-refractivity contribution in [3.63, 3.8) is 0 Å². The van der Waals surface area contributed by atoms with Gasteiger partial charge in [-0.2, -0.15) is 0 Å². The maximum absolute atomic E-state index is 5.30. The highest BCUT2D eigenvalue weighted by Crippen LogP contribution is 1.99. The molecule has 94 valence electrons. The zero-order chi connectivity index (χ0) is 12.7. The van der Waals surface area contributed by atoms with Crippen molar-refractivity contribution in [3.8, 4) is 0 Å². The topological polar surface area (TPSA) is 37.4 Å². The van der Waals surface area contributed by atoms with Crippen LogP contribution in [0.25, 0.3) is 0 Å². The molecular weight excluding hydrogens is 234 g/mol. The normalized spacial score (nSPS) is 11.9. The summed E-state index contributed by atoms with van der Waals surface area (Å²) in [5, 5.41) is 3.91. The van der Waals surface area contributed by atoms with Crippen LogP contribution in [-0.2, 0) is 11.3 Å². The van der Waals surface area contributed by atoms with Crippen LogP contribution >= 0.6 is 12.2 Å². The molecule has 0 bridgehead atoms. The Hall–Kier alpha value is -1.20. The zero-order valence-corrected chi connectivity index (χ0v) is 11.3. The van der Waals surface area contributed by atoms with Crippen LogP contribution in [0, 0.1) is 0 Å². The summed E-state index contributed by atoms with van der Waals surface area (Å²) in [5.74, 6) is 0. The summed E-state index contributed by atoms with van der Waals surface area (Å²) in [7, 11) is 3.63. The number of hydrogen-bond acceptors (Lipinski definition) is 3. The number of ether oxygens (including phenoxy) is 1. The number of rotatable bonds is 5. The second-order valence-corrected chi connectivity index (χ2v) is 4.37. The van der Waals surface area contributed by atoms with Crippen LogP contribution in [0.3, 0.4) is 0 Å². The van der Waals surface area contributed by atoms with Gasteiger partial charge in [0, 0.05) is 26.4 Å². The quantitative estimate of drug-likeness (QED) is 0.803. The van der Waals surface area contributed by atoms with Crippen molar-refractivity contribution in [2.45, 2.75) is 19.5 Å². The van der Waals surface area contributed by atoms with Crippen molar-refractivity contribution in [1.29, 1.82) is 0 Å². The molecule has 1 atom stereocenters. The van der Waals surface area contributed by atoms with E-state index in [1.165, 1.54) is 0 Å². The lowest BCUT2D eigenvalue weighted by atomic mass is 10.3. The summed E-state index contributed by atoms with van der Waals surface area (Å²) in [5.41, 5.74) is 0.999. The molecule has 0 spiro atoms. The second-order valence-electron chi connectivity index (χ2n) is 3.98. The molecule has 17 heavy (non-hydrogen) atoms. The first kappa shape index (κ1) is 13.9. The molecule has 1 N–H and O–H groups in total. The van der Waals surface area contributed by atoms with E-state index in [4.69, 9.17) is 17.0 Å². The van der Waals surface area contributed by atoms with E-state index in [0.29, 0.717) is 18.3 Å². The van der Waals surface area contributed by atoms with Crippen molar-refractivity contribution in [1.82, 2.24) is 15.2 Å². The molecule has 5 heteroatoms. The molecule has 0 aliphatic carbocycles. The van der Waals surface area contributed by atoms with Gasteiger partial charge in [-0.1, -0.05) is 6.07 Å². The number of nitrogens with one attached hydrogen (secondary N) is 1. The van der Waals surface area contributed by atoms with E-state index >= 15 is 0 Å². The largest absolute Gasteiger partial charge is 0.383 e. The van der Waals surface area contributed by atoms with E-state index in [2.05, 4.69) is 10.3 Å². The smallest absolute Gasteiger partial charge is 0.169 e. The number of aromatic nitrogens is 1. The predicted octanol–water partition coefficient (Wildman–Crippen LogP) is 1.42. The fourth-order valence-corrected chi connectivity index (χ4v) is 1.68. The summed E-state index contributed by atoms with van der Waals surface area (Å²) in [6.07, 6.45) is 1.78. The van der Waals surface area contributed by atoms with Gasteiger partial charge in [0.05, 0.1) is 18.8 Å². The highest BCUT2D eigenvalue weighted by Gasteiger charge is 2.08. The zero-order valence-electron chi connectivity index (χ0n) is 10.5. The van der Waals surface area contributed by atoms with E-state index in [0.717, 1.165) is 5.69 Å². The third kappa shape index (κ3) is 5.10. The minimum atomic E-state index is 0.207. The lowest BCUT2D eigenvalue weighted by molar-refractivity contribution is 0.178. The van der Waals surface area contributed by atoms with Crippen LogP contribution in [-0.4, -0.2) is 41.8 Å². The van der Waals surface area contributed by atoms with Crippen LogP contribution in [0.4, 0.5) is 0 Å². The number of nitrogens with zero attached hydrogens (tertiary/aromatic N) is 2. The molecule has 1 heterocycles. The number of methoxy groups -OCH3 is 1. The van der Waals surface area contributed by atoms with Crippen molar-refractivity contribution < 1.29 is 4.74 Å². The summed E-state index contributed by atoms with van der Waals surface area (Å²) in [6.45, 7) is 3.37. The van der Waals surface area contributed by atoms with Gasteiger partial charge in [0.15, 0.2) is 5.11 Å². The van der Waals surface area contributed by atoms with Crippen molar-refractivity contribution in [3.05, 3.63) is 30.1 Å². The Morgan fingerprint density at radius 3 is 2.94 bits per heavy atom. The van der Waals surface area contributed by atoms with E-state index in [1.54, 1.807) is 13.3 Å². The summed E-state index contributed by atoms with van der Waals surface area (Å²) in [6, 6.07) is 6.07. The molecule has 1 aromatic heterocycles. The Labute approximate surface area is 108 Å². The predicted molar refractivity (Wildman–Crippen MR) is 72.8 cm³/mol. The molecule has 0 radical (unpaired) electrons.